The van der Waals surface area contributed by atoms with Gasteiger partial charge in [0, 0.05) is 30.2 Å². The molecule has 0 saturated carbocycles. The summed E-state index contributed by atoms with van der Waals surface area (Å²) in [5, 5.41) is 0. The Morgan fingerprint density at radius 1 is 1.06 bits per heavy atom. The Morgan fingerprint density at radius 2 is 1.78 bits per heavy atom. The summed E-state index contributed by atoms with van der Waals surface area (Å²) in [6.07, 6.45) is 0.0826. The van der Waals surface area contributed by atoms with Crippen LogP contribution in [-0.2, 0) is 19.1 Å². The zero-order chi connectivity index (χ0) is 25.7. The molecule has 4 rings (SSSR count). The number of benzene rings is 1. The lowest BCUT2D eigenvalue weighted by atomic mass is 10.2. The first-order chi connectivity index (χ1) is 17.4. The second-order valence-corrected chi connectivity index (χ2v) is 10.4. The van der Waals surface area contributed by atoms with Gasteiger partial charge >= 0.3 is 6.09 Å². The van der Waals surface area contributed by atoms with Crippen molar-refractivity contribution in [3.8, 4) is 0 Å². The topological polar surface area (TPSA) is 96.5 Å². The average Bonchev–Trinajstić information content (AvgIpc) is 3.48. The van der Waals surface area contributed by atoms with E-state index in [4.69, 9.17) is 32.7 Å². The number of carbonyl (C=O) groups excluding carboxylic acids is 4. The number of carbonyl (C=O) groups is 4. The Balaban J connectivity index is 1.44. The van der Waals surface area contributed by atoms with Gasteiger partial charge in [-0.2, -0.15) is 0 Å². The Morgan fingerprint density at radius 3 is 2.42 bits per heavy atom. The SMILES string of the molecule is O=C(CCCCCl)N(C[C@H]1CN(c2ccc(N3CCOCC3=O)cc2)C(=O)O1)C(=O)c1ccc(Cl)s1. The number of imide groups is 1. The molecule has 9 nitrogen and oxygen atoms in total. The predicted octanol–water partition coefficient (Wildman–Crippen LogP) is 4.17. The Bertz CT molecular complexity index is 1130. The summed E-state index contributed by atoms with van der Waals surface area (Å²) in [6.45, 7) is 1.06. The Kier molecular flexibility index (Phi) is 8.84. The molecule has 2 fully saturated rings. The van der Waals surface area contributed by atoms with E-state index in [1.807, 2.05) is 0 Å². The molecule has 2 aliphatic heterocycles. The van der Waals surface area contributed by atoms with Crippen LogP contribution in [0.25, 0.3) is 0 Å². The summed E-state index contributed by atoms with van der Waals surface area (Å²) in [6, 6.07) is 10.2. The molecule has 4 amide bonds. The fourth-order valence-corrected chi connectivity index (χ4v) is 5.18. The number of halogens is 2. The van der Waals surface area contributed by atoms with Crippen molar-refractivity contribution in [1.82, 2.24) is 4.90 Å². The smallest absolute Gasteiger partial charge is 0.414 e. The van der Waals surface area contributed by atoms with Crippen LogP contribution in [0.2, 0.25) is 4.34 Å². The largest absolute Gasteiger partial charge is 0.442 e. The van der Waals surface area contributed by atoms with Gasteiger partial charge in [0.2, 0.25) is 5.91 Å². The highest BCUT2D eigenvalue weighted by Crippen LogP contribution is 2.27. The second-order valence-electron chi connectivity index (χ2n) is 8.29. The van der Waals surface area contributed by atoms with Gasteiger partial charge in [0.25, 0.3) is 11.8 Å². The number of nitrogens with zero attached hydrogens (tertiary/aromatic N) is 3. The van der Waals surface area contributed by atoms with Crippen molar-refractivity contribution >= 4 is 69.7 Å². The number of unbranched alkanes of at least 4 members (excludes halogenated alkanes) is 1. The molecule has 1 aromatic heterocycles. The molecule has 0 aliphatic carbocycles. The molecule has 0 unspecified atom stereocenters. The molecule has 1 aromatic carbocycles. The molecule has 12 heteroatoms. The van der Waals surface area contributed by atoms with Crippen LogP contribution in [0, 0.1) is 0 Å². The summed E-state index contributed by atoms with van der Waals surface area (Å²) in [5.41, 5.74) is 1.30. The molecule has 36 heavy (non-hydrogen) atoms. The molecular formula is C24H25Cl2N3O6S. The van der Waals surface area contributed by atoms with Crippen LogP contribution >= 0.6 is 34.5 Å². The minimum Gasteiger partial charge on any atom is -0.442 e. The van der Waals surface area contributed by atoms with E-state index in [1.165, 1.54) is 4.90 Å². The third kappa shape index (κ3) is 6.18. The number of cyclic esters (lactones) is 1. The summed E-state index contributed by atoms with van der Waals surface area (Å²) in [7, 11) is 0. The number of hydrogen-bond acceptors (Lipinski definition) is 7. The number of thiophene rings is 1. The highest BCUT2D eigenvalue weighted by molar-refractivity contribution is 7.18. The second kappa shape index (κ2) is 12.1. The van der Waals surface area contributed by atoms with Crippen LogP contribution in [0.3, 0.4) is 0 Å². The summed E-state index contributed by atoms with van der Waals surface area (Å²) >= 11 is 12.8. The molecule has 0 spiro atoms. The van der Waals surface area contributed by atoms with Crippen molar-refractivity contribution in [3.63, 3.8) is 0 Å². The Hall–Kier alpha value is -2.66. The molecule has 0 radical (unpaired) electrons. The third-order valence-electron chi connectivity index (χ3n) is 5.82. The van der Waals surface area contributed by atoms with Crippen molar-refractivity contribution in [3.05, 3.63) is 45.6 Å². The van der Waals surface area contributed by atoms with Crippen LogP contribution in [0.1, 0.15) is 28.9 Å². The highest BCUT2D eigenvalue weighted by Gasteiger charge is 2.36. The zero-order valence-electron chi connectivity index (χ0n) is 19.4. The first-order valence-corrected chi connectivity index (χ1v) is 13.2. The van der Waals surface area contributed by atoms with E-state index in [0.717, 1.165) is 16.2 Å². The molecule has 192 valence electrons. The molecule has 1 atom stereocenters. The van der Waals surface area contributed by atoms with Gasteiger partial charge < -0.3 is 14.4 Å². The van der Waals surface area contributed by atoms with E-state index in [1.54, 1.807) is 41.3 Å². The van der Waals surface area contributed by atoms with Gasteiger partial charge in [-0.05, 0) is 49.2 Å². The van der Waals surface area contributed by atoms with Crippen molar-refractivity contribution < 1.29 is 28.7 Å². The quantitative estimate of drug-likeness (QED) is 0.341. The molecule has 0 N–H and O–H groups in total. The van der Waals surface area contributed by atoms with Gasteiger partial charge in [0.05, 0.1) is 28.9 Å². The number of anilines is 2. The van der Waals surface area contributed by atoms with Gasteiger partial charge in [-0.1, -0.05) is 11.6 Å². The number of rotatable bonds is 9. The minimum atomic E-state index is -0.700. The third-order valence-corrected chi connectivity index (χ3v) is 7.31. The summed E-state index contributed by atoms with van der Waals surface area (Å²) in [4.78, 5) is 55.3. The molecule has 3 heterocycles. The zero-order valence-corrected chi connectivity index (χ0v) is 21.7. The van der Waals surface area contributed by atoms with Crippen molar-refractivity contribution in [2.45, 2.75) is 25.4 Å². The maximum atomic E-state index is 13.1. The number of hydrogen-bond donors (Lipinski definition) is 0. The number of alkyl halides is 1. The van der Waals surface area contributed by atoms with Crippen LogP contribution in [-0.4, -0.2) is 73.5 Å². The maximum Gasteiger partial charge on any atom is 0.414 e. The minimum absolute atomic E-state index is 0.0410. The molecule has 2 saturated heterocycles. The number of morpholine rings is 1. The molecule has 0 bridgehead atoms. The first-order valence-electron chi connectivity index (χ1n) is 11.5. The monoisotopic (exact) mass is 553 g/mol. The maximum absolute atomic E-state index is 13.1. The van der Waals surface area contributed by atoms with E-state index in [0.29, 0.717) is 52.5 Å². The lowest BCUT2D eigenvalue weighted by Crippen LogP contribution is -2.43. The summed E-state index contributed by atoms with van der Waals surface area (Å²) in [5.74, 6) is -0.530. The molecular weight excluding hydrogens is 529 g/mol. The van der Waals surface area contributed by atoms with E-state index in [9.17, 15) is 19.2 Å². The van der Waals surface area contributed by atoms with Gasteiger partial charge in [-0.15, -0.1) is 22.9 Å². The fraction of sp³-hybridized carbons (Fsp3) is 0.417. The van der Waals surface area contributed by atoms with E-state index >= 15 is 0 Å². The van der Waals surface area contributed by atoms with Gasteiger partial charge in [0.15, 0.2) is 0 Å². The molecule has 2 aliphatic rings. The Labute approximate surface area is 222 Å². The van der Waals surface area contributed by atoms with Crippen molar-refractivity contribution in [2.75, 3.05) is 48.5 Å². The van der Waals surface area contributed by atoms with Crippen LogP contribution in [0.5, 0.6) is 0 Å². The summed E-state index contributed by atoms with van der Waals surface area (Å²) < 4.78 is 11.1. The molecule has 2 aromatic rings. The van der Waals surface area contributed by atoms with E-state index in [-0.39, 0.29) is 37.9 Å². The van der Waals surface area contributed by atoms with E-state index in [2.05, 4.69) is 0 Å². The van der Waals surface area contributed by atoms with Crippen molar-refractivity contribution in [1.29, 1.82) is 0 Å². The lowest BCUT2D eigenvalue weighted by molar-refractivity contribution is -0.129. The van der Waals surface area contributed by atoms with E-state index < -0.39 is 18.1 Å². The predicted molar refractivity (Wildman–Crippen MR) is 137 cm³/mol. The number of ether oxygens (including phenoxy) is 2. The van der Waals surface area contributed by atoms with Crippen LogP contribution in [0.15, 0.2) is 36.4 Å². The first kappa shape index (κ1) is 26.4. The standard InChI is InChI=1S/C24H25Cl2N3O6S/c25-10-2-1-3-21(30)29(23(32)19-8-9-20(26)36-19)14-18-13-28(24(33)35-18)17-6-4-16(5-7-17)27-11-12-34-15-22(27)31/h4-9,18H,1-3,10-15H2/t18-/m1/s1. The van der Waals surface area contributed by atoms with Crippen molar-refractivity contribution in [2.24, 2.45) is 0 Å². The van der Waals surface area contributed by atoms with Gasteiger partial charge in [-0.25, -0.2) is 4.79 Å². The van der Waals surface area contributed by atoms with Gasteiger partial charge in [0.1, 0.15) is 12.7 Å². The van der Waals surface area contributed by atoms with Crippen LogP contribution in [0.4, 0.5) is 16.2 Å². The normalized spacial score (nSPS) is 17.9. The fourth-order valence-electron chi connectivity index (χ4n) is 4.00. The van der Waals surface area contributed by atoms with Gasteiger partial charge in [-0.3, -0.25) is 24.2 Å². The number of amides is 4. The van der Waals surface area contributed by atoms with Crippen LogP contribution < -0.4 is 9.80 Å². The lowest BCUT2D eigenvalue weighted by Gasteiger charge is -2.27. The highest BCUT2D eigenvalue weighted by atomic mass is 35.5. The average molecular weight is 554 g/mol.